The molecule has 0 radical (unpaired) electrons. The number of methoxy groups -OCH3 is 4. The lowest BCUT2D eigenvalue weighted by Crippen LogP contribution is -2.32. The van der Waals surface area contributed by atoms with Crippen LogP contribution in [-0.2, 0) is 11.8 Å². The molecule has 0 aliphatic heterocycles. The van der Waals surface area contributed by atoms with Gasteiger partial charge >= 0.3 is 0 Å². The minimum absolute atomic E-state index is 0.0267. The molecule has 0 amide bonds. The Bertz CT molecular complexity index is 1310. The predicted octanol–water partition coefficient (Wildman–Crippen LogP) is 6.97. The first-order valence-corrected chi connectivity index (χ1v) is 14.7. The van der Waals surface area contributed by atoms with Crippen molar-refractivity contribution in [2.24, 2.45) is 11.7 Å². The number of benzene rings is 3. The van der Waals surface area contributed by atoms with E-state index in [9.17, 15) is 5.26 Å². The molecule has 2 N–H and O–H groups in total. The number of ether oxygens (including phenoxy) is 4. The molecule has 43 heavy (non-hydrogen) atoms. The molecule has 0 saturated carbocycles. The molecule has 2 unspecified atom stereocenters. The van der Waals surface area contributed by atoms with Gasteiger partial charge in [0, 0.05) is 12.6 Å². The topological polar surface area (TPSA) is 90.0 Å². The van der Waals surface area contributed by atoms with E-state index in [1.165, 1.54) is 5.56 Å². The van der Waals surface area contributed by atoms with Gasteiger partial charge in [-0.3, -0.25) is 0 Å². The van der Waals surface area contributed by atoms with Gasteiger partial charge in [0.1, 0.15) is 0 Å². The highest BCUT2D eigenvalue weighted by molar-refractivity contribution is 5.47. The molecular weight excluding hydrogens is 538 g/mol. The Balaban J connectivity index is 0.000000543. The normalized spacial score (nSPS) is 12.8. The Morgan fingerprint density at radius 3 is 1.98 bits per heavy atom. The van der Waals surface area contributed by atoms with Crippen LogP contribution in [0, 0.1) is 17.2 Å². The lowest BCUT2D eigenvalue weighted by atomic mass is 9.69. The average Bonchev–Trinajstić information content (AvgIpc) is 3.05. The molecule has 3 aromatic carbocycles. The van der Waals surface area contributed by atoms with Gasteiger partial charge in [-0.15, -0.1) is 6.58 Å². The van der Waals surface area contributed by atoms with Crippen LogP contribution in [0.5, 0.6) is 23.0 Å². The monoisotopic (exact) mass is 587 g/mol. The number of hydrogen-bond acceptors (Lipinski definition) is 7. The fraction of sp³-hybridized carbons (Fsp3) is 0.417. The van der Waals surface area contributed by atoms with E-state index in [1.54, 1.807) is 34.5 Å². The van der Waals surface area contributed by atoms with Crippen molar-refractivity contribution in [1.29, 1.82) is 5.26 Å². The number of nitrogens with two attached hydrogens (primary N) is 1. The Labute approximate surface area is 258 Å². The third kappa shape index (κ3) is 9.77. The first-order chi connectivity index (χ1) is 20.7. The Kier molecular flexibility index (Phi) is 14.6. The summed E-state index contributed by atoms with van der Waals surface area (Å²) in [6.45, 7) is 9.67. The molecule has 3 rings (SSSR count). The summed E-state index contributed by atoms with van der Waals surface area (Å²) in [7, 11) is 8.67. The summed E-state index contributed by atoms with van der Waals surface area (Å²) in [4.78, 5) is 2.31. The maximum atomic E-state index is 10.2. The van der Waals surface area contributed by atoms with Crippen molar-refractivity contribution in [2.45, 2.75) is 44.6 Å². The summed E-state index contributed by atoms with van der Waals surface area (Å²) < 4.78 is 21.6. The standard InChI is InChI=1S/C27H38N2O4.C9H11N/c1-20(2)27(19-28,22-10-12-24(31-5)26(18-22)33-7)14-8-15-29(3)16-13-21-9-11-23(30-4)25(17-21)32-6;1-2-9(10)8-6-4-3-5-7-8/h9-12,17-18,20H,8,13-16H2,1-7H3;2-7,9H,1,10H2. The Morgan fingerprint density at radius 2 is 1.44 bits per heavy atom. The fourth-order valence-corrected chi connectivity index (χ4v) is 5.04. The maximum Gasteiger partial charge on any atom is 0.161 e. The third-order valence-corrected chi connectivity index (χ3v) is 7.86. The summed E-state index contributed by atoms with van der Waals surface area (Å²) in [5.41, 5.74) is 8.39. The van der Waals surface area contributed by atoms with Crippen LogP contribution in [0.3, 0.4) is 0 Å². The molecule has 0 aromatic heterocycles. The zero-order chi connectivity index (χ0) is 31.8. The lowest BCUT2D eigenvalue weighted by molar-refractivity contribution is 0.292. The summed E-state index contributed by atoms with van der Waals surface area (Å²) in [5.74, 6) is 2.99. The molecule has 7 nitrogen and oxygen atoms in total. The van der Waals surface area contributed by atoms with Gasteiger partial charge in [-0.05, 0) is 79.7 Å². The van der Waals surface area contributed by atoms with E-state index < -0.39 is 5.41 Å². The number of rotatable bonds is 15. The van der Waals surface area contributed by atoms with Gasteiger partial charge in [-0.1, -0.05) is 62.4 Å². The second-order valence-electron chi connectivity index (χ2n) is 10.8. The van der Waals surface area contributed by atoms with Gasteiger partial charge in [0.2, 0.25) is 0 Å². The molecule has 0 bridgehead atoms. The van der Waals surface area contributed by atoms with E-state index >= 15 is 0 Å². The minimum atomic E-state index is -0.580. The quantitative estimate of drug-likeness (QED) is 0.192. The first-order valence-electron chi connectivity index (χ1n) is 14.7. The van der Waals surface area contributed by atoms with Gasteiger partial charge in [-0.2, -0.15) is 5.26 Å². The minimum Gasteiger partial charge on any atom is -0.493 e. The molecule has 232 valence electrons. The molecule has 3 aromatic rings. The van der Waals surface area contributed by atoms with E-state index in [0.29, 0.717) is 11.5 Å². The van der Waals surface area contributed by atoms with Crippen LogP contribution in [-0.4, -0.2) is 53.5 Å². The average molecular weight is 588 g/mol. The van der Waals surface area contributed by atoms with E-state index in [-0.39, 0.29) is 12.0 Å². The zero-order valence-electron chi connectivity index (χ0n) is 26.9. The lowest BCUT2D eigenvalue weighted by Gasteiger charge is -2.32. The number of nitriles is 1. The summed E-state index contributed by atoms with van der Waals surface area (Å²) >= 11 is 0. The van der Waals surface area contributed by atoms with Crippen molar-refractivity contribution in [2.75, 3.05) is 48.6 Å². The van der Waals surface area contributed by atoms with Crippen molar-refractivity contribution in [1.82, 2.24) is 4.90 Å². The second kappa shape index (κ2) is 17.8. The molecule has 0 aliphatic carbocycles. The van der Waals surface area contributed by atoms with Gasteiger partial charge in [0.15, 0.2) is 23.0 Å². The molecule has 0 saturated heterocycles. The summed E-state index contributed by atoms with van der Waals surface area (Å²) in [6, 6.07) is 24.4. The highest BCUT2D eigenvalue weighted by Crippen LogP contribution is 2.40. The van der Waals surface area contributed by atoms with Crippen molar-refractivity contribution in [3.05, 3.63) is 96.1 Å². The van der Waals surface area contributed by atoms with Crippen molar-refractivity contribution < 1.29 is 18.9 Å². The highest BCUT2D eigenvalue weighted by Gasteiger charge is 2.36. The van der Waals surface area contributed by atoms with Crippen LogP contribution in [0.2, 0.25) is 0 Å². The smallest absolute Gasteiger partial charge is 0.161 e. The van der Waals surface area contributed by atoms with Crippen LogP contribution in [0.15, 0.2) is 79.4 Å². The Hall–Kier alpha value is -3.99. The number of likely N-dealkylation sites (N-methyl/N-ethyl adjacent to an activating group) is 1. The molecular formula is C36H49N3O4. The van der Waals surface area contributed by atoms with E-state index in [1.807, 2.05) is 60.7 Å². The molecule has 2 atom stereocenters. The van der Waals surface area contributed by atoms with Crippen molar-refractivity contribution >= 4 is 0 Å². The fourth-order valence-electron chi connectivity index (χ4n) is 5.04. The van der Waals surface area contributed by atoms with Crippen molar-refractivity contribution in [3.63, 3.8) is 0 Å². The van der Waals surface area contributed by atoms with E-state index in [0.717, 1.165) is 55.0 Å². The molecule has 0 heterocycles. The molecule has 0 spiro atoms. The van der Waals surface area contributed by atoms with Gasteiger partial charge in [-0.25, -0.2) is 0 Å². The number of hydrogen-bond donors (Lipinski definition) is 1. The predicted molar refractivity (Wildman–Crippen MR) is 175 cm³/mol. The van der Waals surface area contributed by atoms with Gasteiger partial charge in [0.05, 0.1) is 39.9 Å². The molecule has 0 aliphatic rings. The SMILES string of the molecule is C=CC(N)c1ccccc1.COc1ccc(CCN(C)CCCC(C#N)(c2ccc(OC)c(OC)c2)C(C)C)cc1OC. The zero-order valence-corrected chi connectivity index (χ0v) is 26.9. The van der Waals surface area contributed by atoms with Crippen LogP contribution in [0.25, 0.3) is 0 Å². The summed E-state index contributed by atoms with van der Waals surface area (Å²) in [6.07, 6.45) is 4.34. The van der Waals surface area contributed by atoms with E-state index in [2.05, 4.69) is 44.5 Å². The Morgan fingerprint density at radius 1 is 0.860 bits per heavy atom. The molecule has 0 fully saturated rings. The third-order valence-electron chi connectivity index (χ3n) is 7.86. The number of nitrogens with zero attached hydrogens (tertiary/aromatic N) is 2. The van der Waals surface area contributed by atoms with Crippen LogP contribution in [0.1, 0.15) is 49.4 Å². The van der Waals surface area contributed by atoms with E-state index in [4.69, 9.17) is 24.7 Å². The summed E-state index contributed by atoms with van der Waals surface area (Å²) in [5, 5.41) is 10.2. The highest BCUT2D eigenvalue weighted by atomic mass is 16.5. The second-order valence-corrected chi connectivity index (χ2v) is 10.8. The first kappa shape index (κ1) is 35.2. The van der Waals surface area contributed by atoms with Crippen LogP contribution < -0.4 is 24.7 Å². The van der Waals surface area contributed by atoms with Crippen molar-refractivity contribution in [3.8, 4) is 29.1 Å². The largest absolute Gasteiger partial charge is 0.493 e. The van der Waals surface area contributed by atoms with Gasteiger partial charge < -0.3 is 29.6 Å². The van der Waals surface area contributed by atoms with Gasteiger partial charge in [0.25, 0.3) is 0 Å². The van der Waals surface area contributed by atoms with Crippen LogP contribution >= 0.6 is 0 Å². The van der Waals surface area contributed by atoms with Crippen LogP contribution in [0.4, 0.5) is 0 Å². The molecule has 7 heteroatoms. The maximum absolute atomic E-state index is 10.2.